The Morgan fingerprint density at radius 3 is 2.22 bits per heavy atom. The molecule has 0 aromatic rings. The molecule has 1 saturated heterocycles. The van der Waals surface area contributed by atoms with Crippen LogP contribution < -0.4 is 5.32 Å². The highest BCUT2D eigenvalue weighted by molar-refractivity contribution is 5.76. The van der Waals surface area contributed by atoms with Crippen LogP contribution in [-0.4, -0.2) is 138 Å². The van der Waals surface area contributed by atoms with Gasteiger partial charge in [-0.1, -0.05) is 0 Å². The van der Waals surface area contributed by atoms with Crippen molar-refractivity contribution in [3.05, 3.63) is 0 Å². The average molecular weight is 471 g/mol. The van der Waals surface area contributed by atoms with E-state index in [1.165, 1.54) is 0 Å². The highest BCUT2D eigenvalue weighted by Gasteiger charge is 2.56. The van der Waals surface area contributed by atoms with Gasteiger partial charge in [-0.15, -0.1) is 0 Å². The minimum atomic E-state index is -2.77. The van der Waals surface area contributed by atoms with Gasteiger partial charge in [0, 0.05) is 13.3 Å². The molecule has 15 heteroatoms. The van der Waals surface area contributed by atoms with Gasteiger partial charge in [0.25, 0.3) is 5.79 Å². The van der Waals surface area contributed by atoms with Gasteiger partial charge in [-0.2, -0.15) is 0 Å². The van der Waals surface area contributed by atoms with Crippen LogP contribution in [-0.2, 0) is 23.9 Å². The zero-order valence-corrected chi connectivity index (χ0v) is 17.0. The maximum absolute atomic E-state index is 11.9. The topological polar surface area (TPSA) is 264 Å². The van der Waals surface area contributed by atoms with Gasteiger partial charge in [0.2, 0.25) is 5.91 Å². The fourth-order valence-corrected chi connectivity index (χ4v) is 3.11. The van der Waals surface area contributed by atoms with Crippen molar-refractivity contribution < 1.29 is 69.8 Å². The standard InChI is InChI=1S/C17H29NO14/c1-6(21)18-11-7(22)2-17(16(29)30,32-15(11)14(28)9(24)4-20)31-5-10(25)13(27)12(26)8(23)3-19/h3,7-15,20,22-28H,2,4-5H2,1H3,(H,18,21)(H,29,30)/t7-,8-,9+,10+,11+,12+,13-,14+,15+,17+/m0/s1. The molecule has 1 rings (SSSR count). The summed E-state index contributed by atoms with van der Waals surface area (Å²) >= 11 is 0. The highest BCUT2D eigenvalue weighted by Crippen LogP contribution is 2.33. The zero-order chi connectivity index (χ0) is 24.8. The van der Waals surface area contributed by atoms with E-state index in [9.17, 15) is 55.2 Å². The second-order valence-electron chi connectivity index (χ2n) is 7.37. The molecule has 0 aromatic heterocycles. The number of aliphatic hydroxyl groups excluding tert-OH is 8. The average Bonchev–Trinajstić information content (AvgIpc) is 2.75. The Balaban J connectivity index is 3.13. The minimum absolute atomic E-state index is 0.110. The van der Waals surface area contributed by atoms with E-state index in [0.29, 0.717) is 0 Å². The van der Waals surface area contributed by atoms with E-state index in [4.69, 9.17) is 14.6 Å². The van der Waals surface area contributed by atoms with Crippen LogP contribution in [0.15, 0.2) is 0 Å². The molecular formula is C17H29NO14. The number of hydrogen-bond acceptors (Lipinski definition) is 13. The lowest BCUT2D eigenvalue weighted by Crippen LogP contribution is -2.68. The Bertz CT molecular complexity index is 649. The molecule has 1 fully saturated rings. The van der Waals surface area contributed by atoms with E-state index in [0.717, 1.165) is 6.92 Å². The van der Waals surface area contributed by atoms with Crippen molar-refractivity contribution >= 4 is 18.2 Å². The number of carboxylic acids is 1. The minimum Gasteiger partial charge on any atom is -0.477 e. The third kappa shape index (κ3) is 6.61. The molecule has 0 unspecified atom stereocenters. The summed E-state index contributed by atoms with van der Waals surface area (Å²) < 4.78 is 10.3. The van der Waals surface area contributed by atoms with Crippen molar-refractivity contribution in [3.63, 3.8) is 0 Å². The zero-order valence-electron chi connectivity index (χ0n) is 17.0. The number of aliphatic hydroxyl groups is 8. The highest BCUT2D eigenvalue weighted by atomic mass is 16.7. The number of nitrogens with one attached hydrogen (secondary N) is 1. The van der Waals surface area contributed by atoms with Crippen LogP contribution in [0.5, 0.6) is 0 Å². The Morgan fingerprint density at radius 2 is 1.75 bits per heavy atom. The monoisotopic (exact) mass is 471 g/mol. The molecule has 0 bridgehead atoms. The number of carboxylic acid groups (broad SMARTS) is 1. The predicted octanol–water partition coefficient (Wildman–Crippen LogP) is -6.20. The lowest BCUT2D eigenvalue weighted by atomic mass is 9.88. The van der Waals surface area contributed by atoms with E-state index >= 15 is 0 Å². The molecule has 1 aliphatic rings. The number of amides is 1. The van der Waals surface area contributed by atoms with Crippen LogP contribution in [0.1, 0.15) is 13.3 Å². The van der Waals surface area contributed by atoms with E-state index in [-0.39, 0.29) is 6.29 Å². The summed E-state index contributed by atoms with van der Waals surface area (Å²) in [5.41, 5.74) is 0. The summed E-state index contributed by atoms with van der Waals surface area (Å²) in [5, 5.41) is 89.9. The molecule has 10 N–H and O–H groups in total. The molecule has 186 valence electrons. The molecule has 0 aliphatic carbocycles. The number of aldehydes is 1. The van der Waals surface area contributed by atoms with E-state index in [2.05, 4.69) is 5.32 Å². The Kier molecular flexibility index (Phi) is 10.5. The number of hydrogen-bond donors (Lipinski definition) is 10. The van der Waals surface area contributed by atoms with Gasteiger partial charge in [-0.3, -0.25) is 4.79 Å². The fraction of sp³-hybridized carbons (Fsp3) is 0.824. The molecule has 15 nitrogen and oxygen atoms in total. The van der Waals surface area contributed by atoms with Crippen molar-refractivity contribution in [3.8, 4) is 0 Å². The van der Waals surface area contributed by atoms with Crippen LogP contribution in [0.25, 0.3) is 0 Å². The summed E-state index contributed by atoms with van der Waals surface area (Å²) in [5.74, 6) is -5.33. The Labute approximate surface area is 181 Å². The first-order valence-corrected chi connectivity index (χ1v) is 9.46. The molecule has 0 spiro atoms. The first-order chi connectivity index (χ1) is 14.8. The fourth-order valence-electron chi connectivity index (χ4n) is 3.11. The molecule has 10 atom stereocenters. The number of carbonyl (C=O) groups is 3. The second kappa shape index (κ2) is 11.9. The van der Waals surface area contributed by atoms with Crippen LogP contribution in [0.2, 0.25) is 0 Å². The van der Waals surface area contributed by atoms with Gasteiger partial charge in [0.15, 0.2) is 6.29 Å². The third-order valence-electron chi connectivity index (χ3n) is 4.91. The van der Waals surface area contributed by atoms with Crippen molar-refractivity contribution in [2.24, 2.45) is 0 Å². The van der Waals surface area contributed by atoms with Gasteiger partial charge in [-0.05, 0) is 0 Å². The van der Waals surface area contributed by atoms with Gasteiger partial charge in [-0.25, -0.2) is 4.79 Å². The Morgan fingerprint density at radius 1 is 1.16 bits per heavy atom. The maximum Gasteiger partial charge on any atom is 0.364 e. The van der Waals surface area contributed by atoms with Crippen LogP contribution in [0, 0.1) is 0 Å². The summed E-state index contributed by atoms with van der Waals surface area (Å²) in [7, 11) is 0. The summed E-state index contributed by atoms with van der Waals surface area (Å²) in [4.78, 5) is 33.8. The molecule has 0 saturated carbocycles. The SMILES string of the molecule is CC(=O)N[C@H]1[C@H]([C@H](O)[C@H](O)CO)O[C@@](OC[C@@H](O)[C@H](O)[C@H](O)[C@@H](O)C=O)(C(=O)O)C[C@@H]1O. The van der Waals surface area contributed by atoms with Gasteiger partial charge >= 0.3 is 5.97 Å². The van der Waals surface area contributed by atoms with E-state index in [1.54, 1.807) is 0 Å². The number of carbonyl (C=O) groups excluding carboxylic acids is 2. The number of rotatable bonds is 12. The van der Waals surface area contributed by atoms with Gasteiger partial charge in [0.1, 0.15) is 42.7 Å². The summed E-state index contributed by atoms with van der Waals surface area (Å²) in [6.07, 6.45) is -16.8. The molecule has 0 aromatic carbocycles. The van der Waals surface area contributed by atoms with Crippen molar-refractivity contribution in [1.29, 1.82) is 0 Å². The molecular weight excluding hydrogens is 442 g/mol. The van der Waals surface area contributed by atoms with Gasteiger partial charge < -0.3 is 65.5 Å². The smallest absolute Gasteiger partial charge is 0.364 e. The van der Waals surface area contributed by atoms with E-state index < -0.39 is 92.2 Å². The lowest BCUT2D eigenvalue weighted by molar-refractivity contribution is -0.317. The largest absolute Gasteiger partial charge is 0.477 e. The predicted molar refractivity (Wildman–Crippen MR) is 98.6 cm³/mol. The Hall–Kier alpha value is -1.79. The molecule has 1 heterocycles. The van der Waals surface area contributed by atoms with Crippen LogP contribution in [0.3, 0.4) is 0 Å². The lowest BCUT2D eigenvalue weighted by Gasteiger charge is -2.46. The quantitative estimate of drug-likeness (QED) is 0.119. The second-order valence-corrected chi connectivity index (χ2v) is 7.37. The van der Waals surface area contributed by atoms with Gasteiger partial charge in [0.05, 0.1) is 25.4 Å². The van der Waals surface area contributed by atoms with E-state index in [1.807, 2.05) is 0 Å². The first-order valence-electron chi connectivity index (χ1n) is 9.46. The normalized spacial score (nSPS) is 31.6. The first kappa shape index (κ1) is 28.2. The van der Waals surface area contributed by atoms with Crippen molar-refractivity contribution in [1.82, 2.24) is 5.32 Å². The van der Waals surface area contributed by atoms with Crippen molar-refractivity contribution in [2.75, 3.05) is 13.2 Å². The summed E-state index contributed by atoms with van der Waals surface area (Å²) in [6, 6.07) is -1.43. The van der Waals surface area contributed by atoms with Crippen molar-refractivity contribution in [2.45, 2.75) is 74.0 Å². The number of ether oxygens (including phenoxy) is 2. The molecule has 0 radical (unpaired) electrons. The third-order valence-corrected chi connectivity index (χ3v) is 4.91. The summed E-state index contributed by atoms with van der Waals surface area (Å²) in [6.45, 7) is -0.976. The number of aliphatic carboxylic acids is 1. The maximum atomic E-state index is 11.9. The molecule has 1 aliphatic heterocycles. The molecule has 1 amide bonds. The van der Waals surface area contributed by atoms with Crippen LogP contribution in [0.4, 0.5) is 0 Å². The molecule has 32 heavy (non-hydrogen) atoms. The van der Waals surface area contributed by atoms with Crippen LogP contribution >= 0.6 is 0 Å².